The lowest BCUT2D eigenvalue weighted by Crippen LogP contribution is -2.22. The van der Waals surface area contributed by atoms with Crippen LogP contribution in [0.25, 0.3) is 17.0 Å². The van der Waals surface area contributed by atoms with Crippen LogP contribution in [-0.4, -0.2) is 10.4 Å². The first-order chi connectivity index (χ1) is 13.3. The number of nitrogens with zero attached hydrogens (tertiary/aromatic N) is 1. The predicted octanol–water partition coefficient (Wildman–Crippen LogP) is 6.91. The molecule has 2 heterocycles. The standard InChI is InChI=1S/C24H26N2S/c1-3-9-19-15-17-11-5-7-13-21(17)25-23(19)27-24-20(10-4-2)16-18-12-6-8-14-22(18)26-24/h5-8,11-16,23,25H,3-4,9-10H2,1-2H3. The molecule has 0 saturated carbocycles. The first-order valence-electron chi connectivity index (χ1n) is 9.90. The highest BCUT2D eigenvalue weighted by Gasteiger charge is 2.23. The molecular weight excluding hydrogens is 348 g/mol. The Balaban J connectivity index is 1.71. The molecule has 0 saturated heterocycles. The van der Waals surface area contributed by atoms with Gasteiger partial charge in [-0.3, -0.25) is 0 Å². The van der Waals surface area contributed by atoms with E-state index in [2.05, 4.69) is 79.8 Å². The summed E-state index contributed by atoms with van der Waals surface area (Å²) in [5.74, 6) is 0. The van der Waals surface area contributed by atoms with Crippen molar-refractivity contribution >= 4 is 34.4 Å². The molecule has 0 amide bonds. The maximum Gasteiger partial charge on any atom is 0.102 e. The van der Waals surface area contributed by atoms with Crippen LogP contribution in [0.2, 0.25) is 0 Å². The largest absolute Gasteiger partial charge is 0.369 e. The van der Waals surface area contributed by atoms with Crippen LogP contribution in [0.5, 0.6) is 0 Å². The zero-order chi connectivity index (χ0) is 18.6. The molecule has 3 heteroatoms. The monoisotopic (exact) mass is 374 g/mol. The summed E-state index contributed by atoms with van der Waals surface area (Å²) in [6.45, 7) is 4.49. The summed E-state index contributed by atoms with van der Waals surface area (Å²) in [7, 11) is 0. The molecule has 27 heavy (non-hydrogen) atoms. The number of anilines is 1. The summed E-state index contributed by atoms with van der Waals surface area (Å²) in [4.78, 5) is 5.03. The lowest BCUT2D eigenvalue weighted by atomic mass is 10.0. The average Bonchev–Trinajstić information content (AvgIpc) is 2.69. The molecule has 4 rings (SSSR count). The molecule has 0 spiro atoms. The highest BCUT2D eigenvalue weighted by molar-refractivity contribution is 8.00. The lowest BCUT2D eigenvalue weighted by Gasteiger charge is -2.28. The van der Waals surface area contributed by atoms with Crippen LogP contribution in [-0.2, 0) is 6.42 Å². The summed E-state index contributed by atoms with van der Waals surface area (Å²) < 4.78 is 0. The zero-order valence-corrected chi connectivity index (χ0v) is 16.9. The van der Waals surface area contributed by atoms with Crippen molar-refractivity contribution in [1.29, 1.82) is 0 Å². The number of para-hydroxylation sites is 2. The third-order valence-corrected chi connectivity index (χ3v) is 6.21. The van der Waals surface area contributed by atoms with E-state index in [-0.39, 0.29) is 5.37 Å². The van der Waals surface area contributed by atoms with E-state index in [1.54, 1.807) is 0 Å². The second kappa shape index (κ2) is 8.18. The molecule has 2 nitrogen and oxygen atoms in total. The van der Waals surface area contributed by atoms with Gasteiger partial charge in [-0.2, -0.15) is 0 Å². The molecule has 1 aromatic heterocycles. The van der Waals surface area contributed by atoms with Crippen LogP contribution >= 0.6 is 11.8 Å². The fourth-order valence-electron chi connectivity index (χ4n) is 3.66. The molecule has 1 aliphatic heterocycles. The number of rotatable bonds is 6. The number of fused-ring (bicyclic) bond motifs is 2. The van der Waals surface area contributed by atoms with Crippen molar-refractivity contribution in [2.24, 2.45) is 0 Å². The maximum absolute atomic E-state index is 5.03. The highest BCUT2D eigenvalue weighted by Crippen LogP contribution is 2.38. The van der Waals surface area contributed by atoms with Crippen LogP contribution in [0.4, 0.5) is 5.69 Å². The maximum atomic E-state index is 5.03. The van der Waals surface area contributed by atoms with Gasteiger partial charge in [0.05, 0.1) is 5.52 Å². The van der Waals surface area contributed by atoms with E-state index >= 15 is 0 Å². The molecule has 1 N–H and O–H groups in total. The minimum atomic E-state index is 0.240. The normalized spacial score (nSPS) is 15.9. The highest BCUT2D eigenvalue weighted by atomic mass is 32.2. The van der Waals surface area contributed by atoms with Crippen molar-refractivity contribution in [3.05, 3.63) is 71.3 Å². The average molecular weight is 375 g/mol. The topological polar surface area (TPSA) is 24.9 Å². The molecule has 0 fully saturated rings. The summed E-state index contributed by atoms with van der Waals surface area (Å²) in [5, 5.41) is 6.39. The van der Waals surface area contributed by atoms with Crippen LogP contribution in [0, 0.1) is 0 Å². The van der Waals surface area contributed by atoms with Gasteiger partial charge in [-0.05, 0) is 47.7 Å². The Bertz CT molecular complexity index is 977. The van der Waals surface area contributed by atoms with Crippen molar-refractivity contribution in [3.63, 3.8) is 0 Å². The van der Waals surface area contributed by atoms with Crippen molar-refractivity contribution < 1.29 is 0 Å². The van der Waals surface area contributed by atoms with E-state index in [0.717, 1.165) is 36.2 Å². The van der Waals surface area contributed by atoms with Gasteiger partial charge in [-0.25, -0.2) is 4.98 Å². The summed E-state index contributed by atoms with van der Waals surface area (Å²) in [5.41, 5.74) is 6.40. The molecule has 0 aliphatic carbocycles. The molecular formula is C24H26N2S. The van der Waals surface area contributed by atoms with Crippen molar-refractivity contribution in [2.75, 3.05) is 5.32 Å². The third-order valence-electron chi connectivity index (χ3n) is 4.98. The third kappa shape index (κ3) is 3.89. The second-order valence-corrected chi connectivity index (χ2v) is 8.19. The number of aromatic nitrogens is 1. The summed E-state index contributed by atoms with van der Waals surface area (Å²) in [6, 6.07) is 19.3. The Morgan fingerprint density at radius 3 is 2.59 bits per heavy atom. The van der Waals surface area contributed by atoms with Gasteiger partial charge in [0.15, 0.2) is 0 Å². The van der Waals surface area contributed by atoms with Gasteiger partial charge < -0.3 is 5.32 Å². The molecule has 1 aliphatic rings. The first-order valence-corrected chi connectivity index (χ1v) is 10.8. The Kier molecular flexibility index (Phi) is 5.49. The molecule has 0 bridgehead atoms. The predicted molar refractivity (Wildman–Crippen MR) is 118 cm³/mol. The van der Waals surface area contributed by atoms with E-state index in [1.165, 1.54) is 27.8 Å². The van der Waals surface area contributed by atoms with E-state index in [9.17, 15) is 0 Å². The van der Waals surface area contributed by atoms with Crippen LogP contribution in [0.3, 0.4) is 0 Å². The van der Waals surface area contributed by atoms with Gasteiger partial charge >= 0.3 is 0 Å². The summed E-state index contributed by atoms with van der Waals surface area (Å²) in [6.07, 6.45) is 6.82. The van der Waals surface area contributed by atoms with Gasteiger partial charge in [0.2, 0.25) is 0 Å². The molecule has 1 unspecified atom stereocenters. The van der Waals surface area contributed by atoms with Gasteiger partial charge in [-0.15, -0.1) is 0 Å². The second-order valence-electron chi connectivity index (χ2n) is 7.09. The number of hydrogen-bond acceptors (Lipinski definition) is 3. The lowest BCUT2D eigenvalue weighted by molar-refractivity contribution is 0.864. The van der Waals surface area contributed by atoms with E-state index < -0.39 is 0 Å². The van der Waals surface area contributed by atoms with Gasteiger partial charge in [0.1, 0.15) is 10.4 Å². The van der Waals surface area contributed by atoms with Gasteiger partial charge in [0.25, 0.3) is 0 Å². The molecule has 0 radical (unpaired) electrons. The minimum absolute atomic E-state index is 0.240. The Hall–Kier alpha value is -2.26. The zero-order valence-electron chi connectivity index (χ0n) is 16.0. The molecule has 138 valence electrons. The Labute approximate surface area is 166 Å². The summed E-state index contributed by atoms with van der Waals surface area (Å²) >= 11 is 1.87. The Morgan fingerprint density at radius 2 is 1.74 bits per heavy atom. The first kappa shape index (κ1) is 18.1. The number of thioether (sulfide) groups is 1. The van der Waals surface area contributed by atoms with Gasteiger partial charge in [-0.1, -0.05) is 80.9 Å². The molecule has 2 aromatic carbocycles. The molecule has 3 aromatic rings. The quantitative estimate of drug-likeness (QED) is 0.507. The smallest absolute Gasteiger partial charge is 0.102 e. The number of nitrogens with one attached hydrogen (secondary N) is 1. The minimum Gasteiger partial charge on any atom is -0.369 e. The Morgan fingerprint density at radius 1 is 0.963 bits per heavy atom. The van der Waals surface area contributed by atoms with Crippen LogP contribution in [0.15, 0.2) is 65.2 Å². The fraction of sp³-hybridized carbons (Fsp3) is 0.292. The van der Waals surface area contributed by atoms with E-state index in [1.807, 2.05) is 11.8 Å². The van der Waals surface area contributed by atoms with E-state index in [4.69, 9.17) is 4.98 Å². The number of hydrogen-bond donors (Lipinski definition) is 1. The number of aryl methyl sites for hydroxylation is 1. The number of pyridine rings is 1. The van der Waals surface area contributed by atoms with Crippen molar-refractivity contribution in [1.82, 2.24) is 4.98 Å². The van der Waals surface area contributed by atoms with E-state index in [0.29, 0.717) is 0 Å². The van der Waals surface area contributed by atoms with Crippen molar-refractivity contribution in [3.8, 4) is 0 Å². The van der Waals surface area contributed by atoms with Crippen LogP contribution < -0.4 is 5.32 Å². The van der Waals surface area contributed by atoms with Gasteiger partial charge in [0, 0.05) is 11.1 Å². The fourth-order valence-corrected chi connectivity index (χ4v) is 4.87. The SMILES string of the molecule is CCCC1=Cc2ccccc2NC1Sc1nc2ccccc2cc1CCC. The van der Waals surface area contributed by atoms with Crippen molar-refractivity contribution in [2.45, 2.75) is 49.9 Å². The number of benzene rings is 2. The molecule has 1 atom stereocenters. The van der Waals surface area contributed by atoms with Crippen LogP contribution in [0.1, 0.15) is 44.2 Å².